The van der Waals surface area contributed by atoms with Gasteiger partial charge in [-0.2, -0.15) is 0 Å². The van der Waals surface area contributed by atoms with Crippen molar-refractivity contribution in [3.63, 3.8) is 0 Å². The molecule has 0 atom stereocenters. The van der Waals surface area contributed by atoms with Gasteiger partial charge in [0, 0.05) is 23.4 Å². The third-order valence-electron chi connectivity index (χ3n) is 3.41. The first-order chi connectivity index (χ1) is 10.0. The van der Waals surface area contributed by atoms with Crippen LogP contribution in [0.4, 0.5) is 8.78 Å². The van der Waals surface area contributed by atoms with Crippen LogP contribution >= 0.6 is 15.9 Å². The van der Waals surface area contributed by atoms with Crippen molar-refractivity contribution in [1.82, 2.24) is 0 Å². The van der Waals surface area contributed by atoms with Crippen molar-refractivity contribution in [2.45, 2.75) is 12.8 Å². The van der Waals surface area contributed by atoms with Crippen molar-refractivity contribution < 1.29 is 18.3 Å². The molecule has 21 heavy (non-hydrogen) atoms. The molecule has 2 aromatic carbocycles. The summed E-state index contributed by atoms with van der Waals surface area (Å²) in [6, 6.07) is 6.81. The molecule has 1 aliphatic rings. The summed E-state index contributed by atoms with van der Waals surface area (Å²) < 4.78 is 32.8. The average molecular weight is 353 g/mol. The molecule has 5 heteroatoms. The molecule has 0 saturated carbocycles. The lowest BCUT2D eigenvalue weighted by atomic mass is 9.99. The molecule has 0 fully saturated rings. The van der Waals surface area contributed by atoms with Gasteiger partial charge in [0.05, 0.1) is 12.2 Å². The van der Waals surface area contributed by atoms with Crippen LogP contribution in [0, 0.1) is 11.6 Å². The van der Waals surface area contributed by atoms with Gasteiger partial charge in [-0.15, -0.1) is 0 Å². The Hall–Kier alpha value is -1.75. The largest absolute Gasteiger partial charge is 0.492 e. The van der Waals surface area contributed by atoms with E-state index in [1.54, 1.807) is 6.07 Å². The summed E-state index contributed by atoms with van der Waals surface area (Å²) in [5, 5.41) is 0. The number of halogens is 3. The smallest absolute Gasteiger partial charge is 0.171 e. The standard InChI is InChI=1S/C16H11BrF2O2/c17-11-5-10-3-4-21-16(10)13(7-11)15(20)6-9-1-2-12(18)8-14(9)19/h1-2,5,7-8H,3-4,6H2. The van der Waals surface area contributed by atoms with E-state index in [1.807, 2.05) is 6.07 Å². The van der Waals surface area contributed by atoms with Gasteiger partial charge in [-0.3, -0.25) is 4.79 Å². The van der Waals surface area contributed by atoms with E-state index in [0.717, 1.165) is 28.6 Å². The second-order valence-corrected chi connectivity index (χ2v) is 5.79. The van der Waals surface area contributed by atoms with Gasteiger partial charge in [0.2, 0.25) is 0 Å². The summed E-state index contributed by atoms with van der Waals surface area (Å²) >= 11 is 3.36. The number of hydrogen-bond acceptors (Lipinski definition) is 2. The van der Waals surface area contributed by atoms with Gasteiger partial charge in [-0.1, -0.05) is 22.0 Å². The zero-order valence-electron chi connectivity index (χ0n) is 11.0. The Morgan fingerprint density at radius 2 is 2.05 bits per heavy atom. The number of carbonyl (C=O) groups is 1. The highest BCUT2D eigenvalue weighted by Crippen LogP contribution is 2.33. The van der Waals surface area contributed by atoms with Gasteiger partial charge >= 0.3 is 0 Å². The number of ketones is 1. The minimum atomic E-state index is -0.712. The van der Waals surface area contributed by atoms with E-state index in [4.69, 9.17) is 4.74 Å². The van der Waals surface area contributed by atoms with E-state index in [0.29, 0.717) is 17.9 Å². The molecule has 0 radical (unpaired) electrons. The minimum absolute atomic E-state index is 0.127. The molecule has 0 bridgehead atoms. The summed E-state index contributed by atoms with van der Waals surface area (Å²) in [7, 11) is 0. The first-order valence-electron chi connectivity index (χ1n) is 6.47. The summed E-state index contributed by atoms with van der Waals surface area (Å²) in [6.45, 7) is 0.539. The normalized spacial score (nSPS) is 12.9. The van der Waals surface area contributed by atoms with Gasteiger partial charge in [0.1, 0.15) is 17.4 Å². The van der Waals surface area contributed by atoms with Crippen LogP contribution < -0.4 is 4.74 Å². The molecule has 2 nitrogen and oxygen atoms in total. The average Bonchev–Trinajstić information content (AvgIpc) is 2.88. The first-order valence-corrected chi connectivity index (χ1v) is 7.26. The van der Waals surface area contributed by atoms with E-state index in [1.165, 1.54) is 6.07 Å². The minimum Gasteiger partial charge on any atom is -0.492 e. The maximum absolute atomic E-state index is 13.6. The summed E-state index contributed by atoms with van der Waals surface area (Å²) in [6.07, 6.45) is 0.623. The Kier molecular flexibility index (Phi) is 3.76. The Morgan fingerprint density at radius 1 is 1.24 bits per heavy atom. The molecule has 1 heterocycles. The molecule has 0 N–H and O–H groups in total. The number of benzene rings is 2. The molecule has 1 aliphatic heterocycles. The van der Waals surface area contributed by atoms with E-state index in [2.05, 4.69) is 15.9 Å². The van der Waals surface area contributed by atoms with Crippen LogP contribution in [0.3, 0.4) is 0 Å². The van der Waals surface area contributed by atoms with Gasteiger partial charge in [0.25, 0.3) is 0 Å². The number of ether oxygens (including phenoxy) is 1. The predicted octanol–water partition coefficient (Wildman–Crippen LogP) is 4.09. The highest BCUT2D eigenvalue weighted by Gasteiger charge is 2.22. The topological polar surface area (TPSA) is 26.3 Å². The summed E-state index contributed by atoms with van der Waals surface area (Å²) in [5.41, 5.74) is 1.57. The third kappa shape index (κ3) is 2.83. The van der Waals surface area contributed by atoms with Crippen molar-refractivity contribution in [2.75, 3.05) is 6.61 Å². The monoisotopic (exact) mass is 352 g/mol. The van der Waals surface area contributed by atoms with E-state index >= 15 is 0 Å². The van der Waals surface area contributed by atoms with Crippen LogP contribution in [0.15, 0.2) is 34.8 Å². The summed E-state index contributed by atoms with van der Waals surface area (Å²) in [5.74, 6) is -1.04. The lowest BCUT2D eigenvalue weighted by molar-refractivity contribution is 0.0988. The van der Waals surface area contributed by atoms with Crippen molar-refractivity contribution in [3.05, 3.63) is 63.1 Å². The number of rotatable bonds is 3. The molecule has 0 unspecified atom stereocenters. The quantitative estimate of drug-likeness (QED) is 0.777. The molecule has 0 aromatic heterocycles. The fourth-order valence-electron chi connectivity index (χ4n) is 2.41. The maximum Gasteiger partial charge on any atom is 0.171 e. The molecular formula is C16H11BrF2O2. The fraction of sp³-hybridized carbons (Fsp3) is 0.188. The number of Topliss-reactive ketones (excluding diaryl/α,β-unsaturated/α-hetero) is 1. The van der Waals surface area contributed by atoms with Crippen molar-refractivity contribution in [3.8, 4) is 5.75 Å². The lowest BCUT2D eigenvalue weighted by Gasteiger charge is -2.09. The van der Waals surface area contributed by atoms with Crippen molar-refractivity contribution in [1.29, 1.82) is 0 Å². The molecule has 0 amide bonds. The van der Waals surface area contributed by atoms with Gasteiger partial charge in [-0.25, -0.2) is 8.78 Å². The molecule has 2 aromatic rings. The maximum atomic E-state index is 13.6. The highest BCUT2D eigenvalue weighted by molar-refractivity contribution is 9.10. The van der Waals surface area contributed by atoms with Crippen LogP contribution in [-0.2, 0) is 12.8 Å². The van der Waals surface area contributed by atoms with Crippen LogP contribution in [0.25, 0.3) is 0 Å². The zero-order valence-corrected chi connectivity index (χ0v) is 12.5. The van der Waals surface area contributed by atoms with E-state index < -0.39 is 11.6 Å². The Labute approximate surface area is 128 Å². The molecule has 3 rings (SSSR count). The van der Waals surface area contributed by atoms with Crippen molar-refractivity contribution >= 4 is 21.7 Å². The Bertz CT molecular complexity index is 728. The van der Waals surface area contributed by atoms with Gasteiger partial charge in [-0.05, 0) is 29.3 Å². The van der Waals surface area contributed by atoms with Crippen LogP contribution in [0.2, 0.25) is 0 Å². The SMILES string of the molecule is O=C(Cc1ccc(F)cc1F)c1cc(Br)cc2c1OCC2. The number of carbonyl (C=O) groups excluding carboxylic acids is 1. The third-order valence-corrected chi connectivity index (χ3v) is 3.87. The van der Waals surface area contributed by atoms with E-state index in [9.17, 15) is 13.6 Å². The summed E-state index contributed by atoms with van der Waals surface area (Å²) in [4.78, 5) is 12.4. The number of fused-ring (bicyclic) bond motifs is 1. The first kappa shape index (κ1) is 14.2. The molecule has 0 saturated heterocycles. The van der Waals surface area contributed by atoms with Gasteiger partial charge < -0.3 is 4.74 Å². The second-order valence-electron chi connectivity index (χ2n) is 4.88. The Morgan fingerprint density at radius 3 is 2.81 bits per heavy atom. The molecule has 0 spiro atoms. The molecule has 0 aliphatic carbocycles. The van der Waals surface area contributed by atoms with Crippen LogP contribution in [0.5, 0.6) is 5.75 Å². The highest BCUT2D eigenvalue weighted by atomic mass is 79.9. The van der Waals surface area contributed by atoms with Gasteiger partial charge in [0.15, 0.2) is 5.78 Å². The van der Waals surface area contributed by atoms with Crippen molar-refractivity contribution in [2.24, 2.45) is 0 Å². The molecular weight excluding hydrogens is 342 g/mol. The van der Waals surface area contributed by atoms with Crippen LogP contribution in [0.1, 0.15) is 21.5 Å². The Balaban J connectivity index is 1.93. The number of hydrogen-bond donors (Lipinski definition) is 0. The molecule has 108 valence electrons. The van der Waals surface area contributed by atoms with E-state index in [-0.39, 0.29) is 17.8 Å². The predicted molar refractivity (Wildman–Crippen MR) is 77.7 cm³/mol. The fourth-order valence-corrected chi connectivity index (χ4v) is 2.91. The zero-order chi connectivity index (χ0) is 15.0. The lowest BCUT2D eigenvalue weighted by Crippen LogP contribution is -2.07. The van der Waals surface area contributed by atoms with Crippen LogP contribution in [-0.4, -0.2) is 12.4 Å². The second kappa shape index (κ2) is 5.56.